The summed E-state index contributed by atoms with van der Waals surface area (Å²) in [4.78, 5) is 15.2. The van der Waals surface area contributed by atoms with E-state index in [0.717, 1.165) is 25.0 Å². The average Bonchev–Trinajstić information content (AvgIpc) is 2.46. The molecule has 0 atom stereocenters. The Morgan fingerprint density at radius 3 is 2.62 bits per heavy atom. The van der Waals surface area contributed by atoms with Gasteiger partial charge in [-0.1, -0.05) is 17.7 Å². The molecule has 0 aliphatic carbocycles. The molecule has 112 valence electrons. The van der Waals surface area contributed by atoms with Crippen molar-refractivity contribution in [3.8, 4) is 5.75 Å². The molecule has 0 saturated carbocycles. The maximum absolute atomic E-state index is 11.5. The number of hydrogen-bond donors (Lipinski definition) is 1. The van der Waals surface area contributed by atoms with E-state index < -0.39 is 0 Å². The van der Waals surface area contributed by atoms with Crippen molar-refractivity contribution in [2.75, 3.05) is 12.3 Å². The number of aryl methyl sites for hydroxylation is 2. The molecule has 2 N–H and O–H groups in total. The summed E-state index contributed by atoms with van der Waals surface area (Å²) in [6, 6.07) is 9.68. The molecule has 1 aromatic carbocycles. The third-order valence-corrected chi connectivity index (χ3v) is 3.23. The third kappa shape index (κ3) is 4.95. The topological polar surface area (TPSA) is 70.1 Å². The zero-order valence-corrected chi connectivity index (χ0v) is 12.3. The standard InChI is InChI=1S/C16H21N3O2/c1-13-5-7-14(8-6-13)21-12-4-2-3-10-19-11-9-15(17)18-16(19)20/h5-9,11H,2-4,10,12H2,1H3,(H2,17,18,20). The number of hydrogen-bond acceptors (Lipinski definition) is 4. The average molecular weight is 287 g/mol. The summed E-state index contributed by atoms with van der Waals surface area (Å²) in [5, 5.41) is 0. The predicted molar refractivity (Wildman–Crippen MR) is 83.4 cm³/mol. The van der Waals surface area contributed by atoms with Crippen LogP contribution in [0, 0.1) is 6.92 Å². The predicted octanol–water partition coefficient (Wildman–Crippen LogP) is 2.38. The van der Waals surface area contributed by atoms with Gasteiger partial charge in [0.2, 0.25) is 0 Å². The van der Waals surface area contributed by atoms with Crippen molar-refractivity contribution < 1.29 is 4.74 Å². The van der Waals surface area contributed by atoms with Crippen molar-refractivity contribution in [2.24, 2.45) is 0 Å². The number of ether oxygens (including phenoxy) is 1. The van der Waals surface area contributed by atoms with E-state index in [1.165, 1.54) is 5.56 Å². The minimum Gasteiger partial charge on any atom is -0.494 e. The second-order valence-corrected chi connectivity index (χ2v) is 5.05. The van der Waals surface area contributed by atoms with Gasteiger partial charge in [-0.3, -0.25) is 4.57 Å². The van der Waals surface area contributed by atoms with Crippen LogP contribution in [0.25, 0.3) is 0 Å². The molecule has 5 heteroatoms. The molecular formula is C16H21N3O2. The molecule has 0 radical (unpaired) electrons. The Balaban J connectivity index is 1.64. The zero-order valence-electron chi connectivity index (χ0n) is 12.3. The Kier molecular flexibility index (Phi) is 5.37. The van der Waals surface area contributed by atoms with Gasteiger partial charge in [-0.2, -0.15) is 4.98 Å². The Morgan fingerprint density at radius 2 is 1.90 bits per heavy atom. The van der Waals surface area contributed by atoms with E-state index in [2.05, 4.69) is 11.9 Å². The van der Waals surface area contributed by atoms with Crippen molar-refractivity contribution >= 4 is 5.82 Å². The number of anilines is 1. The van der Waals surface area contributed by atoms with Crippen LogP contribution >= 0.6 is 0 Å². The maximum Gasteiger partial charge on any atom is 0.349 e. The van der Waals surface area contributed by atoms with Crippen LogP contribution in [-0.2, 0) is 6.54 Å². The maximum atomic E-state index is 11.5. The van der Waals surface area contributed by atoms with Crippen LogP contribution in [0.5, 0.6) is 5.75 Å². The van der Waals surface area contributed by atoms with E-state index in [4.69, 9.17) is 10.5 Å². The number of nitrogen functional groups attached to an aromatic ring is 1. The summed E-state index contributed by atoms with van der Waals surface area (Å²) in [5.41, 5.74) is 6.39. The van der Waals surface area contributed by atoms with E-state index in [1.54, 1.807) is 16.8 Å². The smallest absolute Gasteiger partial charge is 0.349 e. The number of aromatic nitrogens is 2. The lowest BCUT2D eigenvalue weighted by Gasteiger charge is -2.07. The van der Waals surface area contributed by atoms with Crippen LogP contribution in [0.3, 0.4) is 0 Å². The van der Waals surface area contributed by atoms with Gasteiger partial charge in [0.1, 0.15) is 11.6 Å². The van der Waals surface area contributed by atoms with Crippen LogP contribution < -0.4 is 16.2 Å². The minimum atomic E-state index is -0.286. The minimum absolute atomic E-state index is 0.266. The Bertz CT molecular complexity index is 620. The first-order valence-corrected chi connectivity index (χ1v) is 7.17. The number of benzene rings is 1. The van der Waals surface area contributed by atoms with Gasteiger partial charge in [0, 0.05) is 12.7 Å². The summed E-state index contributed by atoms with van der Waals surface area (Å²) >= 11 is 0. The van der Waals surface area contributed by atoms with E-state index in [9.17, 15) is 4.79 Å². The van der Waals surface area contributed by atoms with Crippen LogP contribution in [0.1, 0.15) is 24.8 Å². The molecule has 1 heterocycles. The highest BCUT2D eigenvalue weighted by molar-refractivity contribution is 5.26. The van der Waals surface area contributed by atoms with Crippen LogP contribution in [0.2, 0.25) is 0 Å². The fraction of sp³-hybridized carbons (Fsp3) is 0.375. The molecule has 0 bridgehead atoms. The lowest BCUT2D eigenvalue weighted by molar-refractivity contribution is 0.303. The van der Waals surface area contributed by atoms with Crippen molar-refractivity contribution in [3.63, 3.8) is 0 Å². The van der Waals surface area contributed by atoms with Crippen molar-refractivity contribution in [1.29, 1.82) is 0 Å². The molecule has 5 nitrogen and oxygen atoms in total. The second kappa shape index (κ2) is 7.47. The molecule has 21 heavy (non-hydrogen) atoms. The first-order valence-electron chi connectivity index (χ1n) is 7.17. The van der Waals surface area contributed by atoms with Gasteiger partial charge in [-0.25, -0.2) is 4.79 Å². The zero-order chi connectivity index (χ0) is 15.1. The first-order chi connectivity index (χ1) is 10.1. The normalized spacial score (nSPS) is 10.5. The third-order valence-electron chi connectivity index (χ3n) is 3.23. The Morgan fingerprint density at radius 1 is 1.14 bits per heavy atom. The van der Waals surface area contributed by atoms with Gasteiger partial charge >= 0.3 is 5.69 Å². The summed E-state index contributed by atoms with van der Waals surface area (Å²) in [5.74, 6) is 1.17. The molecule has 0 aliphatic rings. The number of nitrogens with two attached hydrogens (primary N) is 1. The number of nitrogens with zero attached hydrogens (tertiary/aromatic N) is 2. The lowest BCUT2D eigenvalue weighted by atomic mass is 10.2. The molecule has 0 fully saturated rings. The van der Waals surface area contributed by atoms with Gasteiger partial charge in [-0.05, 0) is 44.4 Å². The van der Waals surface area contributed by atoms with Crippen LogP contribution in [0.4, 0.5) is 5.82 Å². The van der Waals surface area contributed by atoms with Crippen molar-refractivity contribution in [3.05, 3.63) is 52.6 Å². The van der Waals surface area contributed by atoms with Gasteiger partial charge in [0.15, 0.2) is 0 Å². The summed E-state index contributed by atoms with van der Waals surface area (Å²) in [7, 11) is 0. The molecule has 0 amide bonds. The molecule has 2 rings (SSSR count). The molecule has 0 spiro atoms. The van der Waals surface area contributed by atoms with Gasteiger partial charge < -0.3 is 10.5 Å². The molecule has 0 aliphatic heterocycles. The van der Waals surface area contributed by atoms with Gasteiger partial charge in [0.25, 0.3) is 0 Å². The van der Waals surface area contributed by atoms with Crippen LogP contribution in [0.15, 0.2) is 41.3 Å². The summed E-state index contributed by atoms with van der Waals surface area (Å²) < 4.78 is 7.24. The second-order valence-electron chi connectivity index (χ2n) is 5.05. The van der Waals surface area contributed by atoms with E-state index in [0.29, 0.717) is 13.2 Å². The highest BCUT2D eigenvalue weighted by Crippen LogP contribution is 2.12. The molecule has 1 aromatic heterocycles. The SMILES string of the molecule is Cc1ccc(OCCCCCn2ccc(N)nc2=O)cc1. The van der Waals surface area contributed by atoms with Crippen molar-refractivity contribution in [2.45, 2.75) is 32.7 Å². The fourth-order valence-electron chi connectivity index (χ4n) is 2.00. The van der Waals surface area contributed by atoms with Gasteiger partial charge in [0.05, 0.1) is 6.61 Å². The molecule has 2 aromatic rings. The summed E-state index contributed by atoms with van der Waals surface area (Å²) in [6.07, 6.45) is 4.57. The highest BCUT2D eigenvalue weighted by atomic mass is 16.5. The van der Waals surface area contributed by atoms with E-state index >= 15 is 0 Å². The molecule has 0 unspecified atom stereocenters. The van der Waals surface area contributed by atoms with E-state index in [-0.39, 0.29) is 11.5 Å². The monoisotopic (exact) mass is 287 g/mol. The fourth-order valence-corrected chi connectivity index (χ4v) is 2.00. The lowest BCUT2D eigenvalue weighted by Crippen LogP contribution is -2.23. The van der Waals surface area contributed by atoms with Crippen molar-refractivity contribution in [1.82, 2.24) is 9.55 Å². The Labute approximate surface area is 124 Å². The first kappa shape index (κ1) is 15.1. The number of rotatable bonds is 7. The Hall–Kier alpha value is -2.30. The summed E-state index contributed by atoms with van der Waals surface area (Å²) in [6.45, 7) is 3.41. The largest absolute Gasteiger partial charge is 0.494 e. The quantitative estimate of drug-likeness (QED) is 0.794. The van der Waals surface area contributed by atoms with Gasteiger partial charge in [-0.15, -0.1) is 0 Å². The number of unbranched alkanes of at least 4 members (excludes halogenated alkanes) is 2. The highest BCUT2D eigenvalue weighted by Gasteiger charge is 1.98. The molecule has 0 saturated heterocycles. The molecular weight excluding hydrogens is 266 g/mol. The van der Waals surface area contributed by atoms with E-state index in [1.807, 2.05) is 24.3 Å². The van der Waals surface area contributed by atoms with Crippen LogP contribution in [-0.4, -0.2) is 16.2 Å².